The molecule has 0 aliphatic carbocycles. The first-order valence-corrected chi connectivity index (χ1v) is 12.2. The van der Waals surface area contributed by atoms with Gasteiger partial charge < -0.3 is 14.8 Å². The van der Waals surface area contributed by atoms with Gasteiger partial charge in [0.25, 0.3) is 5.91 Å². The second-order valence-corrected chi connectivity index (χ2v) is 9.20. The van der Waals surface area contributed by atoms with Crippen LogP contribution in [-0.4, -0.2) is 25.2 Å². The standard InChI is InChI=1S/C30H21F8NO3/c31-22-12-13-26(32)25(16-22)27(40)39-18-28(17-19-6-2-1-3-7-19,20-8-4-10-23(14-20)41-29(33,34)35)21-9-5-11-24(15-21)42-30(36,37)38/h1-16H,17-18H2,(H,39,40). The molecule has 0 atom stereocenters. The average Bonchev–Trinajstić information content (AvgIpc) is 2.91. The van der Waals surface area contributed by atoms with Crippen LogP contribution in [0.5, 0.6) is 11.5 Å². The van der Waals surface area contributed by atoms with Crippen molar-refractivity contribution in [3.8, 4) is 11.5 Å². The first-order chi connectivity index (χ1) is 19.7. The predicted molar refractivity (Wildman–Crippen MR) is 136 cm³/mol. The van der Waals surface area contributed by atoms with Gasteiger partial charge in [0, 0.05) is 12.0 Å². The molecule has 0 fully saturated rings. The minimum atomic E-state index is -5.05. The van der Waals surface area contributed by atoms with E-state index in [1.165, 1.54) is 24.3 Å². The maximum absolute atomic E-state index is 14.4. The van der Waals surface area contributed by atoms with E-state index < -0.39 is 59.3 Å². The van der Waals surface area contributed by atoms with E-state index in [-0.39, 0.29) is 17.5 Å². The molecule has 0 spiro atoms. The Hall–Kier alpha value is -4.61. The van der Waals surface area contributed by atoms with Crippen molar-refractivity contribution < 1.29 is 49.4 Å². The average molecular weight is 595 g/mol. The van der Waals surface area contributed by atoms with Gasteiger partial charge in [-0.25, -0.2) is 8.78 Å². The summed E-state index contributed by atoms with van der Waals surface area (Å²) in [5.74, 6) is -4.24. The Morgan fingerprint density at radius 2 is 1.21 bits per heavy atom. The van der Waals surface area contributed by atoms with Crippen LogP contribution in [0.4, 0.5) is 35.1 Å². The largest absolute Gasteiger partial charge is 0.573 e. The topological polar surface area (TPSA) is 47.6 Å². The van der Waals surface area contributed by atoms with Crippen molar-refractivity contribution in [3.63, 3.8) is 0 Å². The molecule has 0 heterocycles. The van der Waals surface area contributed by atoms with Gasteiger partial charge in [-0.2, -0.15) is 0 Å². The van der Waals surface area contributed by atoms with Crippen LogP contribution in [0.3, 0.4) is 0 Å². The monoisotopic (exact) mass is 595 g/mol. The second kappa shape index (κ2) is 12.1. The molecule has 0 radical (unpaired) electrons. The summed E-state index contributed by atoms with van der Waals surface area (Å²) in [6.07, 6.45) is -10.2. The molecule has 0 aliphatic rings. The van der Waals surface area contributed by atoms with E-state index in [1.54, 1.807) is 30.3 Å². The molecule has 12 heteroatoms. The zero-order valence-electron chi connectivity index (χ0n) is 21.4. The molecule has 42 heavy (non-hydrogen) atoms. The molecule has 4 aromatic rings. The van der Waals surface area contributed by atoms with Crippen molar-refractivity contribution in [1.82, 2.24) is 5.32 Å². The smallest absolute Gasteiger partial charge is 0.406 e. The van der Waals surface area contributed by atoms with Crippen molar-refractivity contribution in [2.24, 2.45) is 0 Å². The lowest BCUT2D eigenvalue weighted by atomic mass is 9.70. The van der Waals surface area contributed by atoms with E-state index in [0.717, 1.165) is 36.4 Å². The molecule has 0 saturated carbocycles. The van der Waals surface area contributed by atoms with E-state index in [0.29, 0.717) is 11.6 Å². The highest BCUT2D eigenvalue weighted by atomic mass is 19.4. The van der Waals surface area contributed by atoms with Crippen molar-refractivity contribution in [1.29, 1.82) is 0 Å². The Morgan fingerprint density at radius 1 is 0.667 bits per heavy atom. The molecule has 0 unspecified atom stereocenters. The van der Waals surface area contributed by atoms with E-state index in [9.17, 15) is 39.9 Å². The van der Waals surface area contributed by atoms with Gasteiger partial charge in [0.05, 0.1) is 5.56 Å². The third kappa shape index (κ3) is 7.77. The lowest BCUT2D eigenvalue weighted by Gasteiger charge is -2.36. The highest BCUT2D eigenvalue weighted by Gasteiger charge is 2.38. The molecule has 1 amide bonds. The Balaban J connectivity index is 1.89. The van der Waals surface area contributed by atoms with Crippen LogP contribution in [0.2, 0.25) is 0 Å². The van der Waals surface area contributed by atoms with Gasteiger partial charge >= 0.3 is 12.7 Å². The summed E-state index contributed by atoms with van der Waals surface area (Å²) in [5, 5.41) is 2.49. The van der Waals surface area contributed by atoms with Gasteiger partial charge in [0.1, 0.15) is 23.1 Å². The van der Waals surface area contributed by atoms with Crippen LogP contribution < -0.4 is 14.8 Å². The molecule has 4 nitrogen and oxygen atoms in total. The van der Waals surface area contributed by atoms with Gasteiger partial charge in [-0.05, 0) is 65.6 Å². The zero-order chi connectivity index (χ0) is 30.5. The number of hydrogen-bond donors (Lipinski definition) is 1. The van der Waals surface area contributed by atoms with Crippen molar-refractivity contribution >= 4 is 5.91 Å². The second-order valence-electron chi connectivity index (χ2n) is 9.20. The summed E-state index contributed by atoms with van der Waals surface area (Å²) in [6, 6.07) is 20.1. The summed E-state index contributed by atoms with van der Waals surface area (Å²) in [7, 11) is 0. The summed E-state index contributed by atoms with van der Waals surface area (Å²) < 4.78 is 115. The lowest BCUT2D eigenvalue weighted by Crippen LogP contribution is -2.43. The van der Waals surface area contributed by atoms with Crippen LogP contribution >= 0.6 is 0 Å². The van der Waals surface area contributed by atoms with Crippen LogP contribution in [-0.2, 0) is 11.8 Å². The van der Waals surface area contributed by atoms with E-state index in [4.69, 9.17) is 0 Å². The molecule has 0 aromatic heterocycles. The lowest BCUT2D eigenvalue weighted by molar-refractivity contribution is -0.275. The highest BCUT2D eigenvalue weighted by molar-refractivity contribution is 5.94. The molecule has 4 aromatic carbocycles. The molecular formula is C30H21F8NO3. The van der Waals surface area contributed by atoms with Crippen molar-refractivity contribution in [3.05, 3.63) is 131 Å². The predicted octanol–water partition coefficient (Wildman–Crippen LogP) is 7.72. The third-order valence-corrected chi connectivity index (χ3v) is 6.31. The van der Waals surface area contributed by atoms with Crippen molar-refractivity contribution in [2.45, 2.75) is 24.6 Å². The minimum Gasteiger partial charge on any atom is -0.406 e. The number of amides is 1. The number of hydrogen-bond acceptors (Lipinski definition) is 3. The Labute approximate surface area is 234 Å². The molecular weight excluding hydrogens is 574 g/mol. The molecule has 0 bridgehead atoms. The molecule has 0 saturated heterocycles. The summed E-state index contributed by atoms with van der Waals surface area (Å²) in [5.41, 5.74) is -1.41. The van der Waals surface area contributed by atoms with Gasteiger partial charge in [0.15, 0.2) is 0 Å². The number of alkyl halides is 6. The number of nitrogens with one attached hydrogen (secondary N) is 1. The van der Waals surface area contributed by atoms with Crippen LogP contribution in [0.1, 0.15) is 27.0 Å². The van der Waals surface area contributed by atoms with E-state index in [2.05, 4.69) is 14.8 Å². The Morgan fingerprint density at radius 3 is 1.74 bits per heavy atom. The number of carbonyl (C=O) groups excluding carboxylic acids is 1. The van der Waals surface area contributed by atoms with E-state index in [1.807, 2.05) is 0 Å². The number of ether oxygens (including phenoxy) is 2. The summed E-state index contributed by atoms with van der Waals surface area (Å²) in [6.45, 7) is -0.471. The fourth-order valence-corrected chi connectivity index (χ4v) is 4.56. The Kier molecular flexibility index (Phi) is 8.74. The maximum atomic E-state index is 14.4. The number of halogens is 8. The van der Waals surface area contributed by atoms with Gasteiger partial charge in [-0.15, -0.1) is 26.3 Å². The molecule has 4 rings (SSSR count). The molecule has 1 N–H and O–H groups in total. The quantitative estimate of drug-likeness (QED) is 0.202. The number of carbonyl (C=O) groups is 1. The molecule has 0 aliphatic heterocycles. The fraction of sp³-hybridized carbons (Fsp3) is 0.167. The van der Waals surface area contributed by atoms with Crippen LogP contribution in [0.15, 0.2) is 97.1 Å². The third-order valence-electron chi connectivity index (χ3n) is 6.31. The highest BCUT2D eigenvalue weighted by Crippen LogP contribution is 2.40. The minimum absolute atomic E-state index is 0.0648. The summed E-state index contributed by atoms with van der Waals surface area (Å²) >= 11 is 0. The van der Waals surface area contributed by atoms with Gasteiger partial charge in [-0.3, -0.25) is 4.79 Å². The summed E-state index contributed by atoms with van der Waals surface area (Å²) in [4.78, 5) is 13.0. The van der Waals surface area contributed by atoms with Crippen molar-refractivity contribution in [2.75, 3.05) is 6.54 Å². The first-order valence-electron chi connectivity index (χ1n) is 12.2. The van der Waals surface area contributed by atoms with Crippen LogP contribution in [0, 0.1) is 11.6 Å². The fourth-order valence-electron chi connectivity index (χ4n) is 4.56. The maximum Gasteiger partial charge on any atom is 0.573 e. The normalized spacial score (nSPS) is 12.1. The zero-order valence-corrected chi connectivity index (χ0v) is 21.4. The Bertz CT molecular complexity index is 1480. The van der Waals surface area contributed by atoms with Gasteiger partial charge in [-0.1, -0.05) is 54.6 Å². The first kappa shape index (κ1) is 30.4. The van der Waals surface area contributed by atoms with Crippen LogP contribution in [0.25, 0.3) is 0 Å². The SMILES string of the molecule is O=C(NCC(Cc1ccccc1)(c1cccc(OC(F)(F)F)c1)c1cccc(OC(F)(F)F)c1)c1cc(F)ccc1F. The van der Waals surface area contributed by atoms with Gasteiger partial charge in [0.2, 0.25) is 0 Å². The number of rotatable bonds is 9. The molecule has 220 valence electrons. The van der Waals surface area contributed by atoms with E-state index >= 15 is 0 Å². The number of benzene rings is 4.